The highest BCUT2D eigenvalue weighted by Gasteiger charge is 2.11. The highest BCUT2D eigenvalue weighted by Crippen LogP contribution is 2.22. The van der Waals surface area contributed by atoms with E-state index < -0.39 is 0 Å². The minimum atomic E-state index is -0.374. The second-order valence-electron chi connectivity index (χ2n) is 4.78. The predicted octanol–water partition coefficient (Wildman–Crippen LogP) is 3.13. The van der Waals surface area contributed by atoms with Crippen molar-refractivity contribution in [2.24, 2.45) is 5.73 Å². The van der Waals surface area contributed by atoms with E-state index in [0.717, 1.165) is 22.2 Å². The van der Waals surface area contributed by atoms with Gasteiger partial charge in [-0.05, 0) is 42.8 Å². The summed E-state index contributed by atoms with van der Waals surface area (Å²) in [5, 5.41) is 1.03. The summed E-state index contributed by atoms with van der Waals surface area (Å²) in [7, 11) is 0. The fourth-order valence-corrected chi connectivity index (χ4v) is 2.18. The summed E-state index contributed by atoms with van der Waals surface area (Å²) < 4.78 is 12.9. The molecule has 0 fully saturated rings. The first-order valence-corrected chi connectivity index (χ1v) is 6.38. The number of aromatic nitrogens is 2. The van der Waals surface area contributed by atoms with Gasteiger partial charge in [-0.3, -0.25) is 9.97 Å². The molecule has 2 aromatic heterocycles. The molecule has 0 saturated carbocycles. The number of nitrogens with two attached hydrogens (primary N) is 1. The first-order chi connectivity index (χ1) is 9.63. The Balaban J connectivity index is 2.01. The van der Waals surface area contributed by atoms with E-state index in [0.29, 0.717) is 5.69 Å². The van der Waals surface area contributed by atoms with Crippen molar-refractivity contribution < 1.29 is 4.39 Å². The highest BCUT2D eigenvalue weighted by atomic mass is 19.1. The van der Waals surface area contributed by atoms with Crippen LogP contribution in [0.15, 0.2) is 48.7 Å². The Morgan fingerprint density at radius 1 is 1.10 bits per heavy atom. The summed E-state index contributed by atoms with van der Waals surface area (Å²) in [6.45, 7) is 1.96. The van der Waals surface area contributed by atoms with E-state index in [-0.39, 0.29) is 11.9 Å². The molecule has 3 rings (SSSR count). The van der Waals surface area contributed by atoms with E-state index >= 15 is 0 Å². The average Bonchev–Trinajstić information content (AvgIpc) is 2.47. The van der Waals surface area contributed by atoms with Crippen LogP contribution in [0.5, 0.6) is 0 Å². The fourth-order valence-electron chi connectivity index (χ4n) is 2.18. The van der Waals surface area contributed by atoms with E-state index in [1.54, 1.807) is 6.07 Å². The van der Waals surface area contributed by atoms with Crippen LogP contribution in [0.1, 0.15) is 23.0 Å². The second-order valence-corrected chi connectivity index (χ2v) is 4.78. The molecular weight excluding hydrogens is 253 g/mol. The SMILES string of the molecule is Cc1ccc2cc(C(N)c3ccc(F)cn3)ccc2n1. The molecule has 3 aromatic rings. The summed E-state index contributed by atoms with van der Waals surface area (Å²) in [6, 6.07) is 12.5. The topological polar surface area (TPSA) is 51.8 Å². The van der Waals surface area contributed by atoms with Gasteiger partial charge in [0.2, 0.25) is 0 Å². The van der Waals surface area contributed by atoms with Crippen molar-refractivity contribution in [3.05, 3.63) is 71.4 Å². The van der Waals surface area contributed by atoms with Crippen molar-refractivity contribution in [3.8, 4) is 0 Å². The average molecular weight is 267 g/mol. The molecule has 0 aliphatic rings. The molecule has 0 bridgehead atoms. The van der Waals surface area contributed by atoms with Gasteiger partial charge in [0.15, 0.2) is 0 Å². The number of benzene rings is 1. The van der Waals surface area contributed by atoms with Crippen molar-refractivity contribution in [1.29, 1.82) is 0 Å². The molecule has 100 valence electrons. The molecular formula is C16H14FN3. The van der Waals surface area contributed by atoms with E-state index in [2.05, 4.69) is 9.97 Å². The van der Waals surface area contributed by atoms with Crippen LogP contribution in [0, 0.1) is 12.7 Å². The summed E-state index contributed by atoms with van der Waals surface area (Å²) in [5.74, 6) is -0.362. The third kappa shape index (κ3) is 2.38. The molecule has 1 aromatic carbocycles. The Morgan fingerprint density at radius 3 is 2.70 bits per heavy atom. The van der Waals surface area contributed by atoms with Gasteiger partial charge >= 0.3 is 0 Å². The minimum absolute atomic E-state index is 0.362. The summed E-state index contributed by atoms with van der Waals surface area (Å²) >= 11 is 0. The monoisotopic (exact) mass is 267 g/mol. The van der Waals surface area contributed by atoms with Crippen molar-refractivity contribution in [3.63, 3.8) is 0 Å². The number of hydrogen-bond acceptors (Lipinski definition) is 3. The molecule has 20 heavy (non-hydrogen) atoms. The number of fused-ring (bicyclic) bond motifs is 1. The fraction of sp³-hybridized carbons (Fsp3) is 0.125. The predicted molar refractivity (Wildman–Crippen MR) is 76.7 cm³/mol. The zero-order valence-corrected chi connectivity index (χ0v) is 11.0. The first-order valence-electron chi connectivity index (χ1n) is 6.38. The van der Waals surface area contributed by atoms with Gasteiger partial charge in [-0.2, -0.15) is 0 Å². The van der Waals surface area contributed by atoms with Gasteiger partial charge < -0.3 is 5.73 Å². The number of aryl methyl sites for hydroxylation is 1. The van der Waals surface area contributed by atoms with Crippen molar-refractivity contribution in [2.45, 2.75) is 13.0 Å². The summed E-state index contributed by atoms with van der Waals surface area (Å²) in [4.78, 5) is 8.49. The summed E-state index contributed by atoms with van der Waals surface area (Å²) in [5.41, 5.74) is 9.68. The zero-order valence-electron chi connectivity index (χ0n) is 11.0. The third-order valence-electron chi connectivity index (χ3n) is 3.28. The molecule has 0 radical (unpaired) electrons. The number of nitrogens with zero attached hydrogens (tertiary/aromatic N) is 2. The lowest BCUT2D eigenvalue weighted by atomic mass is 10.0. The van der Waals surface area contributed by atoms with Crippen LogP contribution >= 0.6 is 0 Å². The van der Waals surface area contributed by atoms with Crippen molar-refractivity contribution in [1.82, 2.24) is 9.97 Å². The molecule has 1 unspecified atom stereocenters. The molecule has 1 atom stereocenters. The number of hydrogen-bond donors (Lipinski definition) is 1. The van der Waals surface area contributed by atoms with Gasteiger partial charge in [0.05, 0.1) is 23.4 Å². The van der Waals surface area contributed by atoms with Crippen LogP contribution in [-0.2, 0) is 0 Å². The Morgan fingerprint density at radius 2 is 1.95 bits per heavy atom. The van der Waals surface area contributed by atoms with E-state index in [1.807, 2.05) is 37.3 Å². The molecule has 4 heteroatoms. The normalized spacial score (nSPS) is 12.6. The maximum atomic E-state index is 12.9. The highest BCUT2D eigenvalue weighted by molar-refractivity contribution is 5.79. The van der Waals surface area contributed by atoms with Gasteiger partial charge in [0.1, 0.15) is 5.82 Å². The molecule has 3 nitrogen and oxygen atoms in total. The zero-order chi connectivity index (χ0) is 14.1. The number of rotatable bonds is 2. The van der Waals surface area contributed by atoms with E-state index in [9.17, 15) is 4.39 Å². The van der Waals surface area contributed by atoms with Gasteiger partial charge in [-0.15, -0.1) is 0 Å². The minimum Gasteiger partial charge on any atom is -0.319 e. The van der Waals surface area contributed by atoms with Crippen LogP contribution in [0.4, 0.5) is 4.39 Å². The van der Waals surface area contributed by atoms with Gasteiger partial charge in [-0.25, -0.2) is 4.39 Å². The maximum absolute atomic E-state index is 12.9. The Hall–Kier alpha value is -2.33. The van der Waals surface area contributed by atoms with Crippen LogP contribution in [0.25, 0.3) is 10.9 Å². The van der Waals surface area contributed by atoms with Crippen LogP contribution in [0.3, 0.4) is 0 Å². The second kappa shape index (κ2) is 4.98. The third-order valence-corrected chi connectivity index (χ3v) is 3.28. The lowest BCUT2D eigenvalue weighted by Gasteiger charge is -2.12. The number of halogens is 1. The van der Waals surface area contributed by atoms with Gasteiger partial charge in [0.25, 0.3) is 0 Å². The molecule has 0 saturated heterocycles. The Labute approximate surface area is 116 Å². The first kappa shape index (κ1) is 12.7. The van der Waals surface area contributed by atoms with Crippen LogP contribution in [-0.4, -0.2) is 9.97 Å². The number of pyridine rings is 2. The van der Waals surface area contributed by atoms with Gasteiger partial charge in [0, 0.05) is 11.1 Å². The Bertz CT molecular complexity index is 753. The largest absolute Gasteiger partial charge is 0.319 e. The Kier molecular flexibility index (Phi) is 3.16. The molecule has 2 N–H and O–H groups in total. The lowest BCUT2D eigenvalue weighted by Crippen LogP contribution is -2.13. The molecule has 2 heterocycles. The van der Waals surface area contributed by atoms with Crippen LogP contribution in [0.2, 0.25) is 0 Å². The van der Waals surface area contributed by atoms with Crippen molar-refractivity contribution >= 4 is 10.9 Å². The lowest BCUT2D eigenvalue weighted by molar-refractivity contribution is 0.617. The quantitative estimate of drug-likeness (QED) is 0.776. The smallest absolute Gasteiger partial charge is 0.141 e. The van der Waals surface area contributed by atoms with E-state index in [1.165, 1.54) is 12.3 Å². The van der Waals surface area contributed by atoms with Crippen LogP contribution < -0.4 is 5.73 Å². The summed E-state index contributed by atoms with van der Waals surface area (Å²) in [6.07, 6.45) is 1.18. The van der Waals surface area contributed by atoms with Gasteiger partial charge in [-0.1, -0.05) is 12.1 Å². The standard InChI is InChI=1S/C16H14FN3/c1-10-2-3-11-8-12(4-6-14(11)20-10)16(18)15-7-5-13(17)9-19-15/h2-9,16H,18H2,1H3. The maximum Gasteiger partial charge on any atom is 0.141 e. The molecule has 0 aliphatic carbocycles. The molecule has 0 aliphatic heterocycles. The molecule has 0 amide bonds. The van der Waals surface area contributed by atoms with E-state index in [4.69, 9.17) is 5.73 Å². The van der Waals surface area contributed by atoms with Crippen molar-refractivity contribution in [2.75, 3.05) is 0 Å². The molecule has 0 spiro atoms.